The maximum Gasteiger partial charge on any atom is 0.375 e. The molecule has 0 saturated carbocycles. The molecule has 28 heavy (non-hydrogen) atoms. The molecule has 1 aromatic heterocycles. The highest BCUT2D eigenvalue weighted by atomic mass is 16.6. The molecule has 1 atom stereocenters. The van der Waals surface area contributed by atoms with Gasteiger partial charge in [0.05, 0.1) is 6.61 Å². The molecule has 0 bridgehead atoms. The Morgan fingerprint density at radius 1 is 1.14 bits per heavy atom. The molecule has 0 saturated heterocycles. The van der Waals surface area contributed by atoms with Crippen molar-refractivity contribution in [2.24, 2.45) is 0 Å². The fourth-order valence-corrected chi connectivity index (χ4v) is 3.60. The molecule has 2 heterocycles. The SMILES string of the molecule is COCc1c(C(=O)O[C@H](C)C(=O)N2CCc3ccccc32)oc2ccccc12. The summed E-state index contributed by atoms with van der Waals surface area (Å²) in [6, 6.07) is 15.1. The summed E-state index contributed by atoms with van der Waals surface area (Å²) in [5.41, 5.74) is 3.19. The van der Waals surface area contributed by atoms with Crippen molar-refractivity contribution in [3.05, 3.63) is 65.4 Å². The van der Waals surface area contributed by atoms with Gasteiger partial charge in [0.2, 0.25) is 5.76 Å². The van der Waals surface area contributed by atoms with Crippen LogP contribution in [-0.2, 0) is 27.3 Å². The van der Waals surface area contributed by atoms with Crippen molar-refractivity contribution in [1.29, 1.82) is 0 Å². The molecule has 144 valence electrons. The van der Waals surface area contributed by atoms with Crippen molar-refractivity contribution in [2.75, 3.05) is 18.6 Å². The molecule has 0 unspecified atom stereocenters. The van der Waals surface area contributed by atoms with Gasteiger partial charge in [-0.1, -0.05) is 36.4 Å². The maximum absolute atomic E-state index is 12.9. The highest BCUT2D eigenvalue weighted by molar-refractivity contribution is 6.01. The van der Waals surface area contributed by atoms with Crippen molar-refractivity contribution in [3.63, 3.8) is 0 Å². The quantitative estimate of drug-likeness (QED) is 0.632. The lowest BCUT2D eigenvalue weighted by Crippen LogP contribution is -2.39. The molecule has 6 nitrogen and oxygen atoms in total. The summed E-state index contributed by atoms with van der Waals surface area (Å²) in [4.78, 5) is 27.3. The number of carbonyl (C=O) groups excluding carboxylic acids is 2. The number of esters is 1. The smallest absolute Gasteiger partial charge is 0.375 e. The summed E-state index contributed by atoms with van der Waals surface area (Å²) >= 11 is 0. The predicted molar refractivity (Wildman–Crippen MR) is 104 cm³/mol. The van der Waals surface area contributed by atoms with Crippen molar-refractivity contribution < 1.29 is 23.5 Å². The minimum atomic E-state index is -0.928. The second kappa shape index (κ2) is 7.48. The molecule has 0 radical (unpaired) electrons. The molecule has 3 aromatic rings. The highest BCUT2D eigenvalue weighted by Crippen LogP contribution is 2.30. The average molecular weight is 379 g/mol. The number of benzene rings is 2. The van der Waals surface area contributed by atoms with Crippen LogP contribution in [0.5, 0.6) is 0 Å². The lowest BCUT2D eigenvalue weighted by molar-refractivity contribution is -0.126. The Hall–Kier alpha value is -3.12. The van der Waals surface area contributed by atoms with Crippen LogP contribution in [0.2, 0.25) is 0 Å². The van der Waals surface area contributed by atoms with Crippen LogP contribution in [0.3, 0.4) is 0 Å². The van der Waals surface area contributed by atoms with E-state index in [4.69, 9.17) is 13.9 Å². The summed E-state index contributed by atoms with van der Waals surface area (Å²) < 4.78 is 16.4. The summed E-state index contributed by atoms with van der Waals surface area (Å²) in [7, 11) is 1.55. The van der Waals surface area contributed by atoms with Gasteiger partial charge in [-0.2, -0.15) is 0 Å². The van der Waals surface area contributed by atoms with Gasteiger partial charge in [-0.05, 0) is 31.0 Å². The summed E-state index contributed by atoms with van der Waals surface area (Å²) in [5, 5.41) is 0.795. The molecule has 0 N–H and O–H groups in total. The van der Waals surface area contributed by atoms with Gasteiger partial charge in [0, 0.05) is 30.3 Å². The van der Waals surface area contributed by atoms with Gasteiger partial charge < -0.3 is 18.8 Å². The molecule has 0 spiro atoms. The van der Waals surface area contributed by atoms with Crippen LogP contribution in [0.15, 0.2) is 52.9 Å². The zero-order chi connectivity index (χ0) is 19.7. The maximum atomic E-state index is 12.9. The van der Waals surface area contributed by atoms with E-state index in [0.29, 0.717) is 17.7 Å². The van der Waals surface area contributed by atoms with Crippen LogP contribution >= 0.6 is 0 Å². The third-order valence-corrected chi connectivity index (χ3v) is 4.96. The average Bonchev–Trinajstić information content (AvgIpc) is 3.30. The number of para-hydroxylation sites is 2. The van der Waals surface area contributed by atoms with Gasteiger partial charge >= 0.3 is 5.97 Å². The zero-order valence-corrected chi connectivity index (χ0v) is 15.8. The van der Waals surface area contributed by atoms with Gasteiger partial charge in [-0.25, -0.2) is 4.79 Å². The molecule has 0 fully saturated rings. The number of hydrogen-bond acceptors (Lipinski definition) is 5. The first-order chi connectivity index (χ1) is 13.6. The molecular formula is C22H21NO5. The van der Waals surface area contributed by atoms with E-state index in [9.17, 15) is 9.59 Å². The number of methoxy groups -OCH3 is 1. The van der Waals surface area contributed by atoms with Crippen LogP contribution in [0.1, 0.15) is 28.6 Å². The van der Waals surface area contributed by atoms with Gasteiger partial charge in [0.1, 0.15) is 5.58 Å². The first-order valence-corrected chi connectivity index (χ1v) is 9.19. The van der Waals surface area contributed by atoms with Crippen molar-refractivity contribution in [1.82, 2.24) is 0 Å². The summed E-state index contributed by atoms with van der Waals surface area (Å²) in [6.45, 7) is 2.38. The molecule has 1 aliphatic rings. The molecule has 2 aromatic carbocycles. The van der Waals surface area contributed by atoms with Gasteiger partial charge in [0.25, 0.3) is 5.91 Å². The van der Waals surface area contributed by atoms with Crippen molar-refractivity contribution in [3.8, 4) is 0 Å². The number of furan rings is 1. The number of nitrogens with zero attached hydrogens (tertiary/aromatic N) is 1. The Bertz CT molecular complexity index is 1040. The second-order valence-corrected chi connectivity index (χ2v) is 6.76. The Morgan fingerprint density at radius 2 is 1.89 bits per heavy atom. The normalized spacial score (nSPS) is 14.1. The third-order valence-electron chi connectivity index (χ3n) is 4.96. The number of fused-ring (bicyclic) bond motifs is 2. The zero-order valence-electron chi connectivity index (χ0n) is 15.8. The summed E-state index contributed by atoms with van der Waals surface area (Å²) in [5.74, 6) is -0.844. The van der Waals surface area contributed by atoms with Gasteiger partial charge in [-0.15, -0.1) is 0 Å². The van der Waals surface area contributed by atoms with Crippen LogP contribution < -0.4 is 4.90 Å². The fraction of sp³-hybridized carbons (Fsp3) is 0.273. The van der Waals surface area contributed by atoms with E-state index < -0.39 is 12.1 Å². The first-order valence-electron chi connectivity index (χ1n) is 9.19. The number of anilines is 1. The Labute approximate surface area is 162 Å². The van der Waals surface area contributed by atoms with E-state index in [1.54, 1.807) is 25.0 Å². The Kier molecular flexibility index (Phi) is 4.88. The van der Waals surface area contributed by atoms with Gasteiger partial charge in [-0.3, -0.25) is 4.79 Å². The predicted octanol–water partition coefficient (Wildman–Crippen LogP) is 3.71. The molecule has 6 heteroatoms. The molecule has 0 aliphatic carbocycles. The van der Waals surface area contributed by atoms with E-state index in [1.165, 1.54) is 0 Å². The topological polar surface area (TPSA) is 69.0 Å². The van der Waals surface area contributed by atoms with Crippen LogP contribution in [-0.4, -0.2) is 31.6 Å². The molecule has 1 amide bonds. The highest BCUT2D eigenvalue weighted by Gasteiger charge is 2.31. The van der Waals surface area contributed by atoms with Crippen LogP contribution in [0.4, 0.5) is 5.69 Å². The molecule has 4 rings (SSSR count). The minimum Gasteiger partial charge on any atom is -0.449 e. The van der Waals surface area contributed by atoms with Gasteiger partial charge in [0.15, 0.2) is 6.10 Å². The third kappa shape index (κ3) is 3.16. The number of carbonyl (C=O) groups is 2. The molecule has 1 aliphatic heterocycles. The molecular weight excluding hydrogens is 358 g/mol. The lowest BCUT2D eigenvalue weighted by Gasteiger charge is -2.21. The van der Waals surface area contributed by atoms with E-state index in [0.717, 1.165) is 23.1 Å². The second-order valence-electron chi connectivity index (χ2n) is 6.76. The number of amides is 1. The largest absolute Gasteiger partial charge is 0.449 e. The fourth-order valence-electron chi connectivity index (χ4n) is 3.60. The van der Waals surface area contributed by atoms with Crippen LogP contribution in [0, 0.1) is 0 Å². The van der Waals surface area contributed by atoms with Crippen molar-refractivity contribution in [2.45, 2.75) is 26.1 Å². The van der Waals surface area contributed by atoms with E-state index in [1.807, 2.05) is 42.5 Å². The number of rotatable bonds is 5. The first kappa shape index (κ1) is 18.3. The lowest BCUT2D eigenvalue weighted by atomic mass is 10.1. The number of hydrogen-bond donors (Lipinski definition) is 0. The Morgan fingerprint density at radius 3 is 2.71 bits per heavy atom. The van der Waals surface area contributed by atoms with Crippen LogP contribution in [0.25, 0.3) is 11.0 Å². The van der Waals surface area contributed by atoms with E-state index in [-0.39, 0.29) is 18.3 Å². The van der Waals surface area contributed by atoms with Crippen molar-refractivity contribution >= 4 is 28.5 Å². The van der Waals surface area contributed by atoms with E-state index >= 15 is 0 Å². The Balaban J connectivity index is 1.55. The van der Waals surface area contributed by atoms with E-state index in [2.05, 4.69) is 0 Å². The minimum absolute atomic E-state index is 0.0736. The monoisotopic (exact) mass is 379 g/mol. The standard InChI is InChI=1S/C22H21NO5/c1-14(21(24)23-12-11-15-7-3-5-9-18(15)23)27-22(25)20-17(13-26-2)16-8-4-6-10-19(16)28-20/h3-10,14H,11-13H2,1-2H3/t14-/m1/s1. The number of ether oxygens (including phenoxy) is 2. The summed E-state index contributed by atoms with van der Waals surface area (Å²) in [6.07, 6.45) is -0.133.